The van der Waals surface area contributed by atoms with E-state index in [1.165, 1.54) is 31.2 Å². The number of carbonyl (C=O) groups excluding carboxylic acids is 3. The quantitative estimate of drug-likeness (QED) is 0.213. The minimum Gasteiger partial charge on any atom is -0.480 e. The maximum atomic E-state index is 12.9. The molecule has 3 amide bonds. The Labute approximate surface area is 192 Å². The number of aromatic nitrogens is 2. The molecule has 12 heteroatoms. The summed E-state index contributed by atoms with van der Waals surface area (Å²) in [5.74, 6) is -2.14. The first-order valence-corrected chi connectivity index (χ1v) is 11.8. The second-order valence-electron chi connectivity index (χ2n) is 8.00. The Morgan fingerprint density at radius 1 is 1.06 bits per heavy atom. The molecule has 0 spiro atoms. The van der Waals surface area contributed by atoms with Crippen molar-refractivity contribution in [3.63, 3.8) is 0 Å². The van der Waals surface area contributed by atoms with E-state index in [0.717, 1.165) is 0 Å². The standard InChI is InChI=1S/C20H34N6O5S/c1-11(2)7-15(19(29)26-16(20(30)31)8-13-9-22-10-23-13)25-18(28)14(5-6-32-4)24-17(27)12(3)21/h9-12,14-16H,5-8,21H2,1-4H3,(H,22,23)(H,24,27)(H,25,28)(H,26,29)(H,30,31). The molecular weight excluding hydrogens is 436 g/mol. The Bertz CT molecular complexity index is 756. The van der Waals surface area contributed by atoms with E-state index in [4.69, 9.17) is 5.73 Å². The van der Waals surface area contributed by atoms with Gasteiger partial charge in [0.05, 0.1) is 12.4 Å². The van der Waals surface area contributed by atoms with Gasteiger partial charge in [-0.25, -0.2) is 9.78 Å². The molecule has 0 bridgehead atoms. The lowest BCUT2D eigenvalue weighted by Crippen LogP contribution is -2.57. The van der Waals surface area contributed by atoms with E-state index in [1.54, 1.807) is 0 Å². The zero-order valence-corrected chi connectivity index (χ0v) is 19.7. The number of amides is 3. The van der Waals surface area contributed by atoms with E-state index in [2.05, 4.69) is 25.9 Å². The summed E-state index contributed by atoms with van der Waals surface area (Å²) in [5, 5.41) is 17.3. The molecule has 0 saturated carbocycles. The van der Waals surface area contributed by atoms with Crippen LogP contribution in [0.1, 0.15) is 39.3 Å². The van der Waals surface area contributed by atoms with Gasteiger partial charge in [-0.1, -0.05) is 13.8 Å². The fourth-order valence-electron chi connectivity index (χ4n) is 2.87. The second kappa shape index (κ2) is 13.7. The molecule has 1 rings (SSSR count). The van der Waals surface area contributed by atoms with E-state index < -0.39 is 47.9 Å². The molecule has 4 atom stereocenters. The summed E-state index contributed by atoms with van der Waals surface area (Å²) < 4.78 is 0. The molecule has 7 N–H and O–H groups in total. The zero-order valence-electron chi connectivity index (χ0n) is 18.9. The number of nitrogens with one attached hydrogen (secondary N) is 4. The molecule has 0 aromatic carbocycles. The Morgan fingerprint density at radius 2 is 1.66 bits per heavy atom. The number of aromatic amines is 1. The molecular formula is C20H34N6O5S. The fraction of sp³-hybridized carbons (Fsp3) is 0.650. The Kier molecular flexibility index (Phi) is 11.8. The minimum absolute atomic E-state index is 0.0181. The van der Waals surface area contributed by atoms with Crippen molar-refractivity contribution in [1.29, 1.82) is 0 Å². The van der Waals surface area contributed by atoms with E-state index >= 15 is 0 Å². The molecule has 4 unspecified atom stereocenters. The van der Waals surface area contributed by atoms with Crippen LogP contribution < -0.4 is 21.7 Å². The van der Waals surface area contributed by atoms with Gasteiger partial charge in [0.2, 0.25) is 17.7 Å². The Morgan fingerprint density at radius 3 is 2.16 bits per heavy atom. The summed E-state index contributed by atoms with van der Waals surface area (Å²) in [6, 6.07) is -3.80. The molecule has 0 saturated heterocycles. The van der Waals surface area contributed by atoms with Gasteiger partial charge >= 0.3 is 5.97 Å². The average Bonchev–Trinajstić information content (AvgIpc) is 3.22. The number of carboxylic acids is 1. The number of carbonyl (C=O) groups is 4. The van der Waals surface area contributed by atoms with Gasteiger partial charge < -0.3 is 31.8 Å². The largest absolute Gasteiger partial charge is 0.480 e. The van der Waals surface area contributed by atoms with Gasteiger partial charge in [0.15, 0.2) is 0 Å². The first-order chi connectivity index (χ1) is 15.0. The number of thioether (sulfide) groups is 1. The first kappa shape index (κ1) is 27.4. The number of rotatable bonds is 14. The number of nitrogens with two attached hydrogens (primary N) is 1. The third kappa shape index (κ3) is 9.69. The van der Waals surface area contributed by atoms with E-state index in [-0.39, 0.29) is 12.3 Å². The summed E-state index contributed by atoms with van der Waals surface area (Å²) in [4.78, 5) is 56.1. The maximum Gasteiger partial charge on any atom is 0.326 e. The number of imidazole rings is 1. The van der Waals surface area contributed by atoms with Crippen LogP contribution in [0, 0.1) is 5.92 Å². The monoisotopic (exact) mass is 470 g/mol. The lowest BCUT2D eigenvalue weighted by molar-refractivity contribution is -0.142. The van der Waals surface area contributed by atoms with Crippen LogP contribution >= 0.6 is 11.8 Å². The summed E-state index contributed by atoms with van der Waals surface area (Å²) >= 11 is 1.52. The molecule has 11 nitrogen and oxygen atoms in total. The van der Waals surface area contributed by atoms with Gasteiger partial charge in [-0.15, -0.1) is 0 Å². The van der Waals surface area contributed by atoms with E-state index in [1.807, 2.05) is 20.1 Å². The molecule has 0 aliphatic rings. The molecule has 1 heterocycles. The number of hydrogen-bond acceptors (Lipinski definition) is 7. The second-order valence-corrected chi connectivity index (χ2v) is 8.99. The zero-order chi connectivity index (χ0) is 24.3. The molecule has 180 valence electrons. The van der Waals surface area contributed by atoms with Crippen molar-refractivity contribution >= 4 is 35.5 Å². The highest BCUT2D eigenvalue weighted by molar-refractivity contribution is 7.98. The highest BCUT2D eigenvalue weighted by Gasteiger charge is 2.30. The lowest BCUT2D eigenvalue weighted by Gasteiger charge is -2.25. The SMILES string of the molecule is CSCCC(NC(=O)C(C)N)C(=O)NC(CC(C)C)C(=O)NC(Cc1cnc[nH]1)C(=O)O. The minimum atomic E-state index is -1.20. The Hall–Kier alpha value is -2.60. The molecule has 1 aromatic rings. The molecule has 32 heavy (non-hydrogen) atoms. The number of H-pyrrole nitrogens is 1. The van der Waals surface area contributed by atoms with Crippen molar-refractivity contribution in [2.24, 2.45) is 11.7 Å². The summed E-state index contributed by atoms with van der Waals surface area (Å²) in [6.07, 6.45) is 5.45. The van der Waals surface area contributed by atoms with Crippen LogP contribution in [-0.2, 0) is 25.6 Å². The van der Waals surface area contributed by atoms with Gasteiger partial charge in [0.25, 0.3) is 0 Å². The predicted octanol–water partition coefficient (Wildman–Crippen LogP) is -0.362. The van der Waals surface area contributed by atoms with Crippen LogP contribution in [0.15, 0.2) is 12.5 Å². The highest BCUT2D eigenvalue weighted by atomic mass is 32.2. The Balaban J connectivity index is 2.93. The van der Waals surface area contributed by atoms with Gasteiger partial charge in [-0.2, -0.15) is 11.8 Å². The van der Waals surface area contributed by atoms with Gasteiger partial charge in [0.1, 0.15) is 18.1 Å². The van der Waals surface area contributed by atoms with Crippen LogP contribution in [-0.4, -0.2) is 74.9 Å². The number of aliphatic carboxylic acids is 1. The average molecular weight is 471 g/mol. The number of nitrogens with zero attached hydrogens (tertiary/aromatic N) is 1. The third-order valence-electron chi connectivity index (χ3n) is 4.59. The molecule has 1 aromatic heterocycles. The van der Waals surface area contributed by atoms with Gasteiger partial charge in [-0.3, -0.25) is 14.4 Å². The first-order valence-electron chi connectivity index (χ1n) is 10.4. The van der Waals surface area contributed by atoms with Crippen molar-refractivity contribution in [3.05, 3.63) is 18.2 Å². The molecule has 0 fully saturated rings. The van der Waals surface area contributed by atoms with Gasteiger partial charge in [-0.05, 0) is 37.7 Å². The predicted molar refractivity (Wildman–Crippen MR) is 122 cm³/mol. The van der Waals surface area contributed by atoms with Crippen molar-refractivity contribution in [2.45, 2.75) is 64.2 Å². The van der Waals surface area contributed by atoms with Crippen molar-refractivity contribution in [2.75, 3.05) is 12.0 Å². The van der Waals surface area contributed by atoms with E-state index in [9.17, 15) is 24.3 Å². The topological polar surface area (TPSA) is 179 Å². The highest BCUT2D eigenvalue weighted by Crippen LogP contribution is 2.09. The van der Waals surface area contributed by atoms with Gasteiger partial charge in [0, 0.05) is 18.3 Å². The van der Waals surface area contributed by atoms with Crippen molar-refractivity contribution in [3.8, 4) is 0 Å². The van der Waals surface area contributed by atoms with Crippen LogP contribution in [0.2, 0.25) is 0 Å². The lowest BCUT2D eigenvalue weighted by atomic mass is 10.0. The van der Waals surface area contributed by atoms with E-state index in [0.29, 0.717) is 24.3 Å². The maximum absolute atomic E-state index is 12.9. The van der Waals surface area contributed by atoms with Crippen LogP contribution in [0.25, 0.3) is 0 Å². The van der Waals surface area contributed by atoms with Crippen LogP contribution in [0.5, 0.6) is 0 Å². The van der Waals surface area contributed by atoms with Crippen LogP contribution in [0.3, 0.4) is 0 Å². The molecule has 0 aliphatic carbocycles. The van der Waals surface area contributed by atoms with Crippen LogP contribution in [0.4, 0.5) is 0 Å². The normalized spacial score (nSPS) is 14.8. The fourth-order valence-corrected chi connectivity index (χ4v) is 3.34. The van der Waals surface area contributed by atoms with Crippen molar-refractivity contribution < 1.29 is 24.3 Å². The molecule has 0 aliphatic heterocycles. The number of hydrogen-bond donors (Lipinski definition) is 6. The number of carboxylic acid groups (broad SMARTS) is 1. The summed E-state index contributed by atoms with van der Waals surface area (Å²) in [6.45, 7) is 5.28. The smallest absolute Gasteiger partial charge is 0.326 e. The summed E-state index contributed by atoms with van der Waals surface area (Å²) in [5.41, 5.74) is 6.14. The van der Waals surface area contributed by atoms with Crippen molar-refractivity contribution in [1.82, 2.24) is 25.9 Å². The summed E-state index contributed by atoms with van der Waals surface area (Å²) in [7, 11) is 0. The molecule has 0 radical (unpaired) electrons. The third-order valence-corrected chi connectivity index (χ3v) is 5.23.